The molecule has 0 saturated carbocycles. The molecule has 0 aliphatic heterocycles. The van der Waals surface area contributed by atoms with Crippen molar-refractivity contribution in [1.29, 1.82) is 0 Å². The Bertz CT molecular complexity index is 500. The van der Waals surface area contributed by atoms with Crippen LogP contribution in [0.1, 0.15) is 78.6 Å². The number of methoxy groups -OCH3 is 1. The Morgan fingerprint density at radius 1 is 0.792 bits per heavy atom. The fourth-order valence-corrected chi connectivity index (χ4v) is 3.02. The molecule has 0 N–H and O–H groups in total. The molecule has 1 aliphatic carbocycles. The monoisotopic (exact) mass is 336 g/mol. The number of carbonyl (C=O) groups excluding carboxylic acids is 2. The molecule has 4 heteroatoms. The van der Waals surface area contributed by atoms with E-state index in [1.807, 2.05) is 0 Å². The Morgan fingerprint density at radius 3 is 1.92 bits per heavy atom. The molecule has 0 aromatic heterocycles. The molecule has 136 valence electrons. The van der Waals surface area contributed by atoms with Crippen molar-refractivity contribution >= 4 is 11.6 Å². The average molecular weight is 336 g/mol. The summed E-state index contributed by atoms with van der Waals surface area (Å²) in [5.41, 5.74) is 1.10. The Morgan fingerprint density at radius 2 is 1.38 bits per heavy atom. The van der Waals surface area contributed by atoms with E-state index in [-0.39, 0.29) is 23.1 Å². The van der Waals surface area contributed by atoms with Crippen LogP contribution in [-0.4, -0.2) is 25.3 Å². The van der Waals surface area contributed by atoms with Crippen LogP contribution in [0.25, 0.3) is 0 Å². The standard InChI is InChI=1S/C20H32O4/c1-5-7-8-9-10-11-12-13-14-16-15(3)17(21)19(23-4)20(18(16)22)24-6-2/h5-14H2,1-4H3. The third-order valence-electron chi connectivity index (χ3n) is 4.46. The molecule has 0 aromatic rings. The van der Waals surface area contributed by atoms with Gasteiger partial charge >= 0.3 is 0 Å². The van der Waals surface area contributed by atoms with Gasteiger partial charge in [0, 0.05) is 11.1 Å². The zero-order valence-corrected chi connectivity index (χ0v) is 15.7. The van der Waals surface area contributed by atoms with Crippen LogP contribution in [0, 0.1) is 0 Å². The van der Waals surface area contributed by atoms with Crippen molar-refractivity contribution in [3.63, 3.8) is 0 Å². The number of hydrogen-bond donors (Lipinski definition) is 0. The molecule has 0 unspecified atom stereocenters. The highest BCUT2D eigenvalue weighted by molar-refractivity contribution is 6.23. The van der Waals surface area contributed by atoms with Crippen molar-refractivity contribution in [2.75, 3.05) is 13.7 Å². The lowest BCUT2D eigenvalue weighted by atomic mass is 9.89. The minimum Gasteiger partial charge on any atom is -0.489 e. The molecular weight excluding hydrogens is 304 g/mol. The summed E-state index contributed by atoms with van der Waals surface area (Å²) in [6.45, 7) is 6.06. The maximum atomic E-state index is 12.6. The second-order valence-electron chi connectivity index (χ2n) is 6.28. The zero-order valence-electron chi connectivity index (χ0n) is 15.7. The molecule has 1 aliphatic rings. The van der Waals surface area contributed by atoms with Crippen LogP contribution in [0.5, 0.6) is 0 Å². The third kappa shape index (κ3) is 5.50. The van der Waals surface area contributed by atoms with Crippen molar-refractivity contribution in [3.05, 3.63) is 22.7 Å². The number of Topliss-reactive ketones (excluding diaryl/α,β-unsaturated/α-hetero) is 2. The van der Waals surface area contributed by atoms with Gasteiger partial charge < -0.3 is 9.47 Å². The fraction of sp³-hybridized carbons (Fsp3) is 0.700. The summed E-state index contributed by atoms with van der Waals surface area (Å²) in [6.07, 6.45) is 10.3. The van der Waals surface area contributed by atoms with Crippen LogP contribution in [0.2, 0.25) is 0 Å². The smallest absolute Gasteiger partial charge is 0.228 e. The Kier molecular flexibility index (Phi) is 9.43. The van der Waals surface area contributed by atoms with Gasteiger partial charge in [-0.15, -0.1) is 0 Å². The average Bonchev–Trinajstić information content (AvgIpc) is 2.58. The molecule has 24 heavy (non-hydrogen) atoms. The molecule has 1 rings (SSSR count). The minimum absolute atomic E-state index is 0.0408. The number of hydrogen-bond acceptors (Lipinski definition) is 4. The van der Waals surface area contributed by atoms with Gasteiger partial charge in [-0.1, -0.05) is 51.9 Å². The molecule has 0 atom stereocenters. The first-order chi connectivity index (χ1) is 11.6. The van der Waals surface area contributed by atoms with Gasteiger partial charge in [0.25, 0.3) is 0 Å². The fourth-order valence-electron chi connectivity index (χ4n) is 3.02. The number of unbranched alkanes of at least 4 members (excludes halogenated alkanes) is 7. The molecule has 0 aromatic carbocycles. The van der Waals surface area contributed by atoms with Crippen LogP contribution < -0.4 is 0 Å². The van der Waals surface area contributed by atoms with E-state index in [1.165, 1.54) is 45.6 Å². The number of carbonyl (C=O) groups is 2. The molecule has 0 spiro atoms. The Labute approximate surface area is 146 Å². The number of allylic oxidation sites excluding steroid dienone is 2. The van der Waals surface area contributed by atoms with E-state index in [0.717, 1.165) is 12.8 Å². The predicted octanol–water partition coefficient (Wildman–Crippen LogP) is 4.88. The van der Waals surface area contributed by atoms with Gasteiger partial charge in [0.15, 0.2) is 0 Å². The highest BCUT2D eigenvalue weighted by Crippen LogP contribution is 2.29. The predicted molar refractivity (Wildman–Crippen MR) is 95.6 cm³/mol. The van der Waals surface area contributed by atoms with Crippen LogP contribution in [-0.2, 0) is 19.1 Å². The highest BCUT2D eigenvalue weighted by atomic mass is 16.5. The largest absolute Gasteiger partial charge is 0.489 e. The normalized spacial score (nSPS) is 15.3. The van der Waals surface area contributed by atoms with Gasteiger partial charge in [0.2, 0.25) is 23.1 Å². The lowest BCUT2D eigenvalue weighted by Gasteiger charge is -2.21. The first kappa shape index (κ1) is 20.5. The van der Waals surface area contributed by atoms with Crippen LogP contribution in [0.15, 0.2) is 22.7 Å². The van der Waals surface area contributed by atoms with Gasteiger partial charge in [-0.2, -0.15) is 0 Å². The summed E-state index contributed by atoms with van der Waals surface area (Å²) in [5, 5.41) is 0. The van der Waals surface area contributed by atoms with E-state index in [2.05, 4.69) is 6.92 Å². The van der Waals surface area contributed by atoms with Gasteiger partial charge in [0.05, 0.1) is 13.7 Å². The van der Waals surface area contributed by atoms with Crippen molar-refractivity contribution in [1.82, 2.24) is 0 Å². The number of ether oxygens (including phenoxy) is 2. The van der Waals surface area contributed by atoms with E-state index >= 15 is 0 Å². The molecular formula is C20H32O4. The summed E-state index contributed by atoms with van der Waals surface area (Å²) < 4.78 is 10.5. The van der Waals surface area contributed by atoms with E-state index in [9.17, 15) is 9.59 Å². The molecule has 0 bridgehead atoms. The van der Waals surface area contributed by atoms with Crippen molar-refractivity contribution in [2.45, 2.75) is 78.6 Å². The molecule has 0 amide bonds. The Hall–Kier alpha value is -1.58. The number of ketones is 2. The van der Waals surface area contributed by atoms with E-state index in [0.29, 0.717) is 24.2 Å². The molecule has 0 saturated heterocycles. The van der Waals surface area contributed by atoms with E-state index in [1.54, 1.807) is 13.8 Å². The maximum Gasteiger partial charge on any atom is 0.228 e. The van der Waals surface area contributed by atoms with Gasteiger partial charge in [-0.25, -0.2) is 0 Å². The summed E-state index contributed by atoms with van der Waals surface area (Å²) in [6, 6.07) is 0. The lowest BCUT2D eigenvalue weighted by Crippen LogP contribution is -2.25. The van der Waals surface area contributed by atoms with Gasteiger partial charge in [-0.3, -0.25) is 9.59 Å². The van der Waals surface area contributed by atoms with E-state index < -0.39 is 0 Å². The summed E-state index contributed by atoms with van der Waals surface area (Å²) in [4.78, 5) is 25.0. The topological polar surface area (TPSA) is 52.6 Å². The molecule has 0 radical (unpaired) electrons. The second-order valence-corrected chi connectivity index (χ2v) is 6.28. The molecule has 4 nitrogen and oxygen atoms in total. The number of rotatable bonds is 12. The maximum absolute atomic E-state index is 12.6. The lowest BCUT2D eigenvalue weighted by molar-refractivity contribution is -0.121. The second kappa shape index (κ2) is 11.1. The SMILES string of the molecule is CCCCCCCCCCC1=C(C)C(=O)C(OC)=C(OCC)C1=O. The van der Waals surface area contributed by atoms with Crippen molar-refractivity contribution < 1.29 is 19.1 Å². The minimum atomic E-state index is -0.227. The summed E-state index contributed by atoms with van der Waals surface area (Å²) >= 11 is 0. The summed E-state index contributed by atoms with van der Waals surface area (Å²) in [5.74, 6) is -0.298. The van der Waals surface area contributed by atoms with Crippen molar-refractivity contribution in [2.24, 2.45) is 0 Å². The van der Waals surface area contributed by atoms with Crippen LogP contribution >= 0.6 is 0 Å². The van der Waals surface area contributed by atoms with Crippen molar-refractivity contribution in [3.8, 4) is 0 Å². The summed E-state index contributed by atoms with van der Waals surface area (Å²) in [7, 11) is 1.40. The Balaban J connectivity index is 2.54. The zero-order chi connectivity index (χ0) is 17.9. The van der Waals surface area contributed by atoms with Crippen LogP contribution in [0.3, 0.4) is 0 Å². The van der Waals surface area contributed by atoms with Gasteiger partial charge in [0.1, 0.15) is 0 Å². The molecule has 0 fully saturated rings. The first-order valence-electron chi connectivity index (χ1n) is 9.28. The first-order valence-corrected chi connectivity index (χ1v) is 9.28. The highest BCUT2D eigenvalue weighted by Gasteiger charge is 2.34. The molecule has 0 heterocycles. The van der Waals surface area contributed by atoms with E-state index in [4.69, 9.17) is 9.47 Å². The van der Waals surface area contributed by atoms with Crippen LogP contribution in [0.4, 0.5) is 0 Å². The van der Waals surface area contributed by atoms with Gasteiger partial charge in [-0.05, 0) is 26.7 Å². The third-order valence-corrected chi connectivity index (χ3v) is 4.46. The quantitative estimate of drug-likeness (QED) is 0.376.